The number of thioether (sulfide) groups is 1. The molecule has 1 saturated heterocycles. The fourth-order valence-electron chi connectivity index (χ4n) is 3.01. The van der Waals surface area contributed by atoms with Gasteiger partial charge in [-0.15, -0.1) is 11.8 Å². The molecular formula is C19H22FN3O3S. The molecule has 0 spiro atoms. The first-order valence-corrected chi connectivity index (χ1v) is 9.91. The van der Waals surface area contributed by atoms with Gasteiger partial charge in [-0.05, 0) is 31.9 Å². The number of anilines is 1. The van der Waals surface area contributed by atoms with Crippen LogP contribution in [0.1, 0.15) is 25.0 Å². The first-order valence-electron chi connectivity index (χ1n) is 8.92. The van der Waals surface area contributed by atoms with E-state index in [1.165, 1.54) is 17.8 Å². The van der Waals surface area contributed by atoms with Crippen molar-refractivity contribution in [1.82, 2.24) is 10.1 Å². The van der Waals surface area contributed by atoms with Gasteiger partial charge >= 0.3 is 0 Å². The van der Waals surface area contributed by atoms with Crippen LogP contribution >= 0.6 is 11.8 Å². The van der Waals surface area contributed by atoms with Crippen molar-refractivity contribution in [3.05, 3.63) is 41.9 Å². The van der Waals surface area contributed by atoms with Crippen molar-refractivity contribution in [2.24, 2.45) is 5.92 Å². The summed E-state index contributed by atoms with van der Waals surface area (Å²) in [5, 5.41) is 6.51. The van der Waals surface area contributed by atoms with E-state index in [1.54, 1.807) is 36.1 Å². The van der Waals surface area contributed by atoms with Crippen LogP contribution < -0.4 is 5.32 Å². The number of hydrogen-bond donors (Lipinski definition) is 1. The number of nitrogens with zero attached hydrogens (tertiary/aromatic N) is 2. The molecule has 1 aromatic heterocycles. The first kappa shape index (κ1) is 19.4. The molecule has 6 nitrogen and oxygen atoms in total. The molecular weight excluding hydrogens is 369 g/mol. The average molecular weight is 391 g/mol. The normalized spacial score (nSPS) is 15.0. The van der Waals surface area contributed by atoms with E-state index in [4.69, 9.17) is 4.52 Å². The molecule has 2 aromatic rings. The van der Waals surface area contributed by atoms with Crippen molar-refractivity contribution in [2.45, 2.75) is 31.1 Å². The van der Waals surface area contributed by atoms with E-state index >= 15 is 0 Å². The van der Waals surface area contributed by atoms with E-state index in [0.717, 1.165) is 0 Å². The molecule has 2 amide bonds. The minimum absolute atomic E-state index is 0.0461. The number of amides is 2. The van der Waals surface area contributed by atoms with Crippen LogP contribution in [0.5, 0.6) is 0 Å². The molecule has 0 atom stereocenters. The molecule has 1 aliphatic rings. The highest BCUT2D eigenvalue weighted by Gasteiger charge is 2.27. The Morgan fingerprint density at radius 1 is 1.33 bits per heavy atom. The minimum Gasteiger partial charge on any atom is -0.360 e. The van der Waals surface area contributed by atoms with Gasteiger partial charge < -0.3 is 14.7 Å². The Bertz CT molecular complexity index is 803. The minimum atomic E-state index is -0.260. The molecule has 1 N–H and O–H groups in total. The Morgan fingerprint density at radius 3 is 2.74 bits per heavy atom. The standard InChI is InChI=1S/C19H22FN3O3S/c1-13-12-17(22-26-13)21-19(25)14-6-9-23(10-7-14)18(24)8-11-27-16-5-3-2-4-15(16)20/h2-5,12,14H,6-11H2,1H3,(H,21,22,25). The van der Waals surface area contributed by atoms with Crippen molar-refractivity contribution in [3.8, 4) is 0 Å². The predicted molar refractivity (Wildman–Crippen MR) is 101 cm³/mol. The second-order valence-electron chi connectivity index (χ2n) is 6.50. The quantitative estimate of drug-likeness (QED) is 0.763. The Hall–Kier alpha value is -2.35. The number of likely N-dealkylation sites (tertiary alicyclic amines) is 1. The van der Waals surface area contributed by atoms with E-state index < -0.39 is 0 Å². The number of rotatable bonds is 6. The lowest BCUT2D eigenvalue weighted by molar-refractivity contribution is -0.134. The summed E-state index contributed by atoms with van der Waals surface area (Å²) < 4.78 is 18.5. The summed E-state index contributed by atoms with van der Waals surface area (Å²) >= 11 is 1.35. The second-order valence-corrected chi connectivity index (χ2v) is 7.63. The van der Waals surface area contributed by atoms with E-state index in [0.29, 0.717) is 54.6 Å². The summed E-state index contributed by atoms with van der Waals surface area (Å²) in [7, 11) is 0. The summed E-state index contributed by atoms with van der Waals surface area (Å²) in [5.41, 5.74) is 0. The average Bonchev–Trinajstić information content (AvgIpc) is 3.08. The Kier molecular flexibility index (Phi) is 6.49. The highest BCUT2D eigenvalue weighted by Crippen LogP contribution is 2.24. The zero-order valence-electron chi connectivity index (χ0n) is 15.1. The lowest BCUT2D eigenvalue weighted by Gasteiger charge is -2.31. The molecule has 0 bridgehead atoms. The molecule has 3 rings (SSSR count). The van der Waals surface area contributed by atoms with Crippen molar-refractivity contribution >= 4 is 29.4 Å². The van der Waals surface area contributed by atoms with E-state index in [2.05, 4.69) is 10.5 Å². The molecule has 8 heteroatoms. The molecule has 2 heterocycles. The van der Waals surface area contributed by atoms with Crippen LogP contribution in [-0.4, -0.2) is 40.7 Å². The molecule has 1 aromatic carbocycles. The summed E-state index contributed by atoms with van der Waals surface area (Å²) in [6, 6.07) is 8.23. The maximum Gasteiger partial charge on any atom is 0.228 e. The molecule has 0 saturated carbocycles. The number of nitrogens with one attached hydrogen (secondary N) is 1. The Labute approximate surface area is 161 Å². The van der Waals surface area contributed by atoms with Gasteiger partial charge in [-0.2, -0.15) is 0 Å². The van der Waals surface area contributed by atoms with Gasteiger partial charge in [0.1, 0.15) is 11.6 Å². The van der Waals surface area contributed by atoms with Crippen LogP contribution in [0.2, 0.25) is 0 Å². The van der Waals surface area contributed by atoms with Crippen LogP contribution in [0.4, 0.5) is 10.2 Å². The van der Waals surface area contributed by atoms with Gasteiger partial charge in [0, 0.05) is 42.1 Å². The molecule has 0 aliphatic carbocycles. The monoisotopic (exact) mass is 391 g/mol. The largest absolute Gasteiger partial charge is 0.360 e. The number of piperidine rings is 1. The van der Waals surface area contributed by atoms with Crippen LogP contribution in [0.15, 0.2) is 39.8 Å². The third-order valence-corrected chi connectivity index (χ3v) is 5.56. The smallest absolute Gasteiger partial charge is 0.228 e. The first-order chi connectivity index (χ1) is 13.0. The maximum absolute atomic E-state index is 13.6. The third-order valence-electron chi connectivity index (χ3n) is 4.51. The van der Waals surface area contributed by atoms with Crippen LogP contribution in [0.25, 0.3) is 0 Å². The van der Waals surface area contributed by atoms with Gasteiger partial charge in [0.2, 0.25) is 11.8 Å². The number of halogens is 1. The molecule has 0 radical (unpaired) electrons. The number of carbonyl (C=O) groups is 2. The van der Waals surface area contributed by atoms with Gasteiger partial charge in [0.25, 0.3) is 0 Å². The third kappa shape index (κ3) is 5.32. The van der Waals surface area contributed by atoms with E-state index in [9.17, 15) is 14.0 Å². The molecule has 1 fully saturated rings. The van der Waals surface area contributed by atoms with Gasteiger partial charge in [0.15, 0.2) is 5.82 Å². The topological polar surface area (TPSA) is 75.4 Å². The molecule has 144 valence electrons. The SMILES string of the molecule is Cc1cc(NC(=O)C2CCN(C(=O)CCSc3ccccc3F)CC2)no1. The number of aryl methyl sites for hydroxylation is 1. The van der Waals surface area contributed by atoms with E-state index in [1.807, 2.05) is 0 Å². The predicted octanol–water partition coefficient (Wildman–Crippen LogP) is 3.48. The summed E-state index contributed by atoms with van der Waals surface area (Å²) in [6.45, 7) is 2.87. The maximum atomic E-state index is 13.6. The molecule has 1 aliphatic heterocycles. The van der Waals surface area contributed by atoms with Crippen molar-refractivity contribution in [1.29, 1.82) is 0 Å². The number of aromatic nitrogens is 1. The van der Waals surface area contributed by atoms with Gasteiger partial charge in [-0.1, -0.05) is 17.3 Å². The van der Waals surface area contributed by atoms with Gasteiger partial charge in [-0.25, -0.2) is 4.39 Å². The number of carbonyl (C=O) groups excluding carboxylic acids is 2. The highest BCUT2D eigenvalue weighted by atomic mass is 32.2. The van der Waals surface area contributed by atoms with Crippen molar-refractivity contribution in [2.75, 3.05) is 24.2 Å². The molecule has 0 unspecified atom stereocenters. The van der Waals surface area contributed by atoms with Gasteiger partial charge in [-0.3, -0.25) is 9.59 Å². The van der Waals surface area contributed by atoms with Crippen molar-refractivity contribution in [3.63, 3.8) is 0 Å². The second kappa shape index (κ2) is 9.03. The van der Waals surface area contributed by atoms with Crippen molar-refractivity contribution < 1.29 is 18.5 Å². The zero-order valence-corrected chi connectivity index (χ0v) is 15.9. The van der Waals surface area contributed by atoms with Crippen LogP contribution in [0, 0.1) is 18.7 Å². The fourth-order valence-corrected chi connectivity index (χ4v) is 3.89. The van der Waals surface area contributed by atoms with Crippen LogP contribution in [-0.2, 0) is 9.59 Å². The number of hydrogen-bond acceptors (Lipinski definition) is 5. The highest BCUT2D eigenvalue weighted by molar-refractivity contribution is 7.99. The number of benzene rings is 1. The summed E-state index contributed by atoms with van der Waals surface area (Å²) in [5.74, 6) is 1.14. The zero-order chi connectivity index (χ0) is 19.2. The summed E-state index contributed by atoms with van der Waals surface area (Å²) in [4.78, 5) is 27.0. The lowest BCUT2D eigenvalue weighted by atomic mass is 9.95. The fraction of sp³-hybridized carbons (Fsp3) is 0.421. The Morgan fingerprint density at radius 2 is 2.07 bits per heavy atom. The lowest BCUT2D eigenvalue weighted by Crippen LogP contribution is -2.41. The van der Waals surface area contributed by atoms with Crippen LogP contribution in [0.3, 0.4) is 0 Å². The molecule has 27 heavy (non-hydrogen) atoms. The van der Waals surface area contributed by atoms with Gasteiger partial charge in [0.05, 0.1) is 0 Å². The Balaban J connectivity index is 1.40. The summed E-state index contributed by atoms with van der Waals surface area (Å²) in [6.07, 6.45) is 1.60. The van der Waals surface area contributed by atoms with E-state index in [-0.39, 0.29) is 23.5 Å².